The van der Waals surface area contributed by atoms with Crippen molar-refractivity contribution in [2.75, 3.05) is 41.7 Å². The maximum atomic E-state index is 5.92. The van der Waals surface area contributed by atoms with Crippen molar-refractivity contribution in [2.24, 2.45) is 5.92 Å². The number of nitrogen functional groups attached to an aromatic ring is 1. The van der Waals surface area contributed by atoms with E-state index >= 15 is 0 Å². The molecule has 1 aliphatic carbocycles. The lowest BCUT2D eigenvalue weighted by molar-refractivity contribution is 0.317. The zero-order valence-electron chi connectivity index (χ0n) is 13.0. The van der Waals surface area contributed by atoms with Crippen LogP contribution in [0.2, 0.25) is 0 Å². The van der Waals surface area contributed by atoms with Gasteiger partial charge in [0.1, 0.15) is 0 Å². The van der Waals surface area contributed by atoms with Gasteiger partial charge in [0, 0.05) is 26.2 Å². The van der Waals surface area contributed by atoms with Crippen molar-refractivity contribution in [1.29, 1.82) is 0 Å². The van der Waals surface area contributed by atoms with E-state index in [0.29, 0.717) is 5.95 Å². The van der Waals surface area contributed by atoms with Crippen LogP contribution < -0.4 is 15.5 Å². The second-order valence-electron chi connectivity index (χ2n) is 6.18. The molecule has 6 nitrogen and oxygen atoms in total. The number of aromatic nitrogens is 3. The molecule has 1 aromatic heterocycles. The van der Waals surface area contributed by atoms with Crippen molar-refractivity contribution in [3.63, 3.8) is 0 Å². The molecule has 3 rings (SSSR count). The summed E-state index contributed by atoms with van der Waals surface area (Å²) in [6.45, 7) is 6.16. The third-order valence-electron chi connectivity index (χ3n) is 4.64. The molecule has 0 amide bonds. The van der Waals surface area contributed by atoms with Crippen LogP contribution in [0.25, 0.3) is 0 Å². The summed E-state index contributed by atoms with van der Waals surface area (Å²) in [6, 6.07) is 0. The summed E-state index contributed by atoms with van der Waals surface area (Å²) in [5.74, 6) is 2.63. The fourth-order valence-corrected chi connectivity index (χ4v) is 3.09. The molecule has 0 unspecified atom stereocenters. The van der Waals surface area contributed by atoms with Crippen molar-refractivity contribution < 1.29 is 0 Å². The molecule has 1 saturated carbocycles. The molecule has 2 fully saturated rings. The Morgan fingerprint density at radius 3 is 2.48 bits per heavy atom. The number of rotatable bonds is 5. The average molecular weight is 290 g/mol. The van der Waals surface area contributed by atoms with Gasteiger partial charge in [-0.25, -0.2) is 0 Å². The summed E-state index contributed by atoms with van der Waals surface area (Å²) in [7, 11) is 0. The molecule has 0 aromatic carbocycles. The van der Waals surface area contributed by atoms with E-state index in [9.17, 15) is 0 Å². The largest absolute Gasteiger partial charge is 0.368 e. The van der Waals surface area contributed by atoms with Crippen molar-refractivity contribution in [2.45, 2.75) is 45.4 Å². The first-order chi connectivity index (χ1) is 10.3. The Morgan fingerprint density at radius 1 is 1.10 bits per heavy atom. The van der Waals surface area contributed by atoms with Crippen LogP contribution in [-0.2, 0) is 0 Å². The number of piperidine rings is 1. The van der Waals surface area contributed by atoms with Gasteiger partial charge in [-0.2, -0.15) is 15.0 Å². The van der Waals surface area contributed by atoms with Crippen molar-refractivity contribution in [3.05, 3.63) is 0 Å². The highest BCUT2D eigenvalue weighted by atomic mass is 15.4. The Labute approximate surface area is 126 Å². The van der Waals surface area contributed by atoms with Crippen molar-refractivity contribution >= 4 is 17.8 Å². The quantitative estimate of drug-likeness (QED) is 0.895. The molecular formula is C15H26N6. The van der Waals surface area contributed by atoms with Crippen LogP contribution in [-0.4, -0.2) is 41.1 Å². The van der Waals surface area contributed by atoms with Crippen LogP contribution in [0.15, 0.2) is 0 Å². The third kappa shape index (κ3) is 3.36. The zero-order valence-corrected chi connectivity index (χ0v) is 13.0. The molecule has 1 aromatic rings. The van der Waals surface area contributed by atoms with E-state index in [4.69, 9.17) is 5.73 Å². The number of nitrogens with two attached hydrogens (primary N) is 1. The fraction of sp³-hybridized carbons (Fsp3) is 0.800. The Balaban J connectivity index is 1.77. The van der Waals surface area contributed by atoms with Gasteiger partial charge in [-0.05, 0) is 44.9 Å². The Hall–Kier alpha value is -1.59. The molecule has 21 heavy (non-hydrogen) atoms. The van der Waals surface area contributed by atoms with E-state index in [1.54, 1.807) is 0 Å². The van der Waals surface area contributed by atoms with Crippen LogP contribution in [0.3, 0.4) is 0 Å². The standard InChI is InChI=1S/C15H26N6/c1-2-20(11-12-7-6-8-12)14-17-13(16)18-15(19-14)21-9-4-3-5-10-21/h12H,2-11H2,1H3,(H2,16,17,18,19). The summed E-state index contributed by atoms with van der Waals surface area (Å²) >= 11 is 0. The van der Waals surface area contributed by atoms with Gasteiger partial charge < -0.3 is 15.5 Å². The lowest BCUT2D eigenvalue weighted by Gasteiger charge is -2.32. The molecule has 6 heteroatoms. The molecule has 0 bridgehead atoms. The van der Waals surface area contributed by atoms with Crippen molar-refractivity contribution in [3.8, 4) is 0 Å². The first-order valence-corrected chi connectivity index (χ1v) is 8.27. The maximum Gasteiger partial charge on any atom is 0.231 e. The average Bonchev–Trinajstić information content (AvgIpc) is 2.46. The molecule has 116 valence electrons. The summed E-state index contributed by atoms with van der Waals surface area (Å²) in [5, 5.41) is 0. The van der Waals surface area contributed by atoms with E-state index in [0.717, 1.165) is 44.0 Å². The van der Waals surface area contributed by atoms with Crippen LogP contribution >= 0.6 is 0 Å². The first-order valence-electron chi connectivity index (χ1n) is 8.27. The van der Waals surface area contributed by atoms with Crippen LogP contribution in [0.1, 0.15) is 45.4 Å². The minimum Gasteiger partial charge on any atom is -0.368 e. The van der Waals surface area contributed by atoms with E-state index < -0.39 is 0 Å². The normalized spacial score (nSPS) is 19.4. The highest BCUT2D eigenvalue weighted by molar-refractivity contribution is 5.43. The Kier molecular flexibility index (Phi) is 4.41. The summed E-state index contributed by atoms with van der Waals surface area (Å²) in [6.07, 6.45) is 7.74. The molecule has 2 heterocycles. The maximum absolute atomic E-state index is 5.92. The van der Waals surface area contributed by atoms with Gasteiger partial charge in [0.25, 0.3) is 0 Å². The topological polar surface area (TPSA) is 71.2 Å². The molecule has 2 N–H and O–H groups in total. The van der Waals surface area contributed by atoms with E-state index in [1.807, 2.05) is 0 Å². The van der Waals surface area contributed by atoms with Gasteiger partial charge in [-0.3, -0.25) is 0 Å². The second kappa shape index (κ2) is 6.45. The second-order valence-corrected chi connectivity index (χ2v) is 6.18. The van der Waals surface area contributed by atoms with Gasteiger partial charge in [-0.15, -0.1) is 0 Å². The van der Waals surface area contributed by atoms with Crippen molar-refractivity contribution in [1.82, 2.24) is 15.0 Å². The van der Waals surface area contributed by atoms with E-state index in [2.05, 4.69) is 31.7 Å². The van der Waals surface area contributed by atoms with E-state index in [-0.39, 0.29) is 0 Å². The summed E-state index contributed by atoms with van der Waals surface area (Å²) in [5.41, 5.74) is 5.92. The van der Waals surface area contributed by atoms with Gasteiger partial charge in [-0.1, -0.05) is 6.42 Å². The first kappa shape index (κ1) is 14.4. The summed E-state index contributed by atoms with van der Waals surface area (Å²) in [4.78, 5) is 17.9. The van der Waals surface area contributed by atoms with Crippen LogP contribution in [0.5, 0.6) is 0 Å². The number of hydrogen-bond donors (Lipinski definition) is 1. The Bertz CT molecular complexity index is 467. The summed E-state index contributed by atoms with van der Waals surface area (Å²) < 4.78 is 0. The number of hydrogen-bond acceptors (Lipinski definition) is 6. The SMILES string of the molecule is CCN(CC1CCC1)c1nc(N)nc(N2CCCCC2)n1. The van der Waals surface area contributed by atoms with Gasteiger partial charge in [0.2, 0.25) is 17.8 Å². The number of nitrogens with zero attached hydrogens (tertiary/aromatic N) is 5. The molecule has 0 spiro atoms. The lowest BCUT2D eigenvalue weighted by Crippen LogP contribution is -2.35. The van der Waals surface area contributed by atoms with E-state index in [1.165, 1.54) is 38.5 Å². The minimum absolute atomic E-state index is 0.340. The molecule has 2 aliphatic rings. The smallest absolute Gasteiger partial charge is 0.231 e. The predicted molar refractivity (Wildman–Crippen MR) is 85.5 cm³/mol. The molecule has 1 saturated heterocycles. The van der Waals surface area contributed by atoms with Crippen LogP contribution in [0, 0.1) is 5.92 Å². The van der Waals surface area contributed by atoms with Gasteiger partial charge >= 0.3 is 0 Å². The highest BCUT2D eigenvalue weighted by Crippen LogP contribution is 2.28. The highest BCUT2D eigenvalue weighted by Gasteiger charge is 2.23. The van der Waals surface area contributed by atoms with Crippen LogP contribution in [0.4, 0.5) is 17.8 Å². The van der Waals surface area contributed by atoms with Gasteiger partial charge in [0.15, 0.2) is 0 Å². The molecular weight excluding hydrogens is 264 g/mol. The number of anilines is 3. The Morgan fingerprint density at radius 2 is 1.86 bits per heavy atom. The minimum atomic E-state index is 0.340. The molecule has 1 aliphatic heterocycles. The monoisotopic (exact) mass is 290 g/mol. The lowest BCUT2D eigenvalue weighted by atomic mass is 9.85. The predicted octanol–water partition coefficient (Wildman–Crippen LogP) is 2.07. The zero-order chi connectivity index (χ0) is 14.7. The molecule has 0 radical (unpaired) electrons. The fourth-order valence-electron chi connectivity index (χ4n) is 3.09. The molecule has 0 atom stereocenters. The third-order valence-corrected chi connectivity index (χ3v) is 4.64. The van der Waals surface area contributed by atoms with Gasteiger partial charge in [0.05, 0.1) is 0 Å².